The molecule has 4 aromatic rings. The van der Waals surface area contributed by atoms with E-state index in [1.165, 1.54) is 0 Å². The zero-order valence-electron chi connectivity index (χ0n) is 18.9. The third-order valence-corrected chi connectivity index (χ3v) is 6.10. The highest BCUT2D eigenvalue weighted by atomic mass is 16.6. The minimum Gasteiger partial charge on any atom is -0.441 e. The zero-order chi connectivity index (χ0) is 23.7. The third-order valence-electron chi connectivity index (χ3n) is 6.10. The summed E-state index contributed by atoms with van der Waals surface area (Å²) in [5.41, 5.74) is 2.87. The van der Waals surface area contributed by atoms with Gasteiger partial charge < -0.3 is 10.1 Å². The van der Waals surface area contributed by atoms with Gasteiger partial charge in [0.15, 0.2) is 0 Å². The molecule has 1 fully saturated rings. The highest BCUT2D eigenvalue weighted by Gasteiger charge is 2.48. The molecule has 2 aromatic heterocycles. The van der Waals surface area contributed by atoms with E-state index in [9.17, 15) is 9.59 Å². The molecule has 2 aromatic carbocycles. The molecule has 3 heterocycles. The first kappa shape index (κ1) is 21.6. The second kappa shape index (κ2) is 8.59. The van der Waals surface area contributed by atoms with Crippen LogP contribution < -0.4 is 10.2 Å². The second-order valence-electron chi connectivity index (χ2n) is 8.80. The number of para-hydroxylation sites is 1. The van der Waals surface area contributed by atoms with Crippen molar-refractivity contribution < 1.29 is 14.3 Å². The molecule has 0 spiro atoms. The average molecular weight is 453 g/mol. The number of ether oxygens (including phenoxy) is 1. The van der Waals surface area contributed by atoms with Crippen LogP contribution in [-0.2, 0) is 11.2 Å². The lowest BCUT2D eigenvalue weighted by Gasteiger charge is -2.29. The smallest absolute Gasteiger partial charge is 0.415 e. The van der Waals surface area contributed by atoms with E-state index in [0.29, 0.717) is 23.4 Å². The SMILES string of the molecule is CC1(C)OC(=O)N(c2ccc(C(=O)Nc3cccc4cccnc34)cc2)C1Cc1cccnc1. The van der Waals surface area contributed by atoms with E-state index in [4.69, 9.17) is 4.74 Å². The predicted molar refractivity (Wildman–Crippen MR) is 131 cm³/mol. The molecule has 0 bridgehead atoms. The van der Waals surface area contributed by atoms with Crippen molar-refractivity contribution in [3.63, 3.8) is 0 Å². The maximum Gasteiger partial charge on any atom is 0.415 e. The van der Waals surface area contributed by atoms with Gasteiger partial charge in [-0.2, -0.15) is 0 Å². The van der Waals surface area contributed by atoms with Crippen molar-refractivity contribution in [1.29, 1.82) is 0 Å². The lowest BCUT2D eigenvalue weighted by molar-refractivity contribution is 0.0685. The Morgan fingerprint density at radius 3 is 2.56 bits per heavy atom. The molecule has 1 aliphatic heterocycles. The molecule has 5 rings (SSSR count). The van der Waals surface area contributed by atoms with Crippen molar-refractivity contribution in [3.8, 4) is 0 Å². The van der Waals surface area contributed by atoms with Crippen LogP contribution in [0.2, 0.25) is 0 Å². The molecular formula is C27H24N4O3. The molecule has 1 atom stereocenters. The van der Waals surface area contributed by atoms with E-state index in [0.717, 1.165) is 16.5 Å². The molecule has 0 radical (unpaired) electrons. The number of rotatable bonds is 5. The normalized spacial score (nSPS) is 16.9. The fourth-order valence-electron chi connectivity index (χ4n) is 4.32. The lowest BCUT2D eigenvalue weighted by Crippen LogP contribution is -2.43. The number of carbonyl (C=O) groups excluding carboxylic acids is 2. The average Bonchev–Trinajstić information content (AvgIpc) is 3.07. The zero-order valence-corrected chi connectivity index (χ0v) is 18.9. The van der Waals surface area contributed by atoms with Crippen LogP contribution in [0.3, 0.4) is 0 Å². The monoisotopic (exact) mass is 452 g/mol. The van der Waals surface area contributed by atoms with Crippen LogP contribution in [0.5, 0.6) is 0 Å². The van der Waals surface area contributed by atoms with Gasteiger partial charge in [0.05, 0.1) is 17.2 Å². The summed E-state index contributed by atoms with van der Waals surface area (Å²) in [6, 6.07) is 20.1. The van der Waals surface area contributed by atoms with Crippen LogP contribution in [0.15, 0.2) is 85.3 Å². The fourth-order valence-corrected chi connectivity index (χ4v) is 4.32. The second-order valence-corrected chi connectivity index (χ2v) is 8.80. The first-order chi connectivity index (χ1) is 16.4. The molecule has 1 aliphatic rings. The van der Waals surface area contributed by atoms with Gasteiger partial charge in [0.1, 0.15) is 5.60 Å². The number of fused-ring (bicyclic) bond motifs is 1. The number of cyclic esters (lactones) is 1. The van der Waals surface area contributed by atoms with Crippen LogP contribution in [0.25, 0.3) is 10.9 Å². The Labute approximate surface area is 197 Å². The minimum atomic E-state index is -0.676. The van der Waals surface area contributed by atoms with Gasteiger partial charge in [-0.05, 0) is 68.3 Å². The quantitative estimate of drug-likeness (QED) is 0.448. The number of pyridine rings is 2. The van der Waals surface area contributed by atoms with Crippen molar-refractivity contribution in [3.05, 3.63) is 96.4 Å². The van der Waals surface area contributed by atoms with Gasteiger partial charge in [0.2, 0.25) is 0 Å². The molecule has 34 heavy (non-hydrogen) atoms. The maximum absolute atomic E-state index is 12.9. The molecule has 170 valence electrons. The lowest BCUT2D eigenvalue weighted by atomic mass is 9.92. The topological polar surface area (TPSA) is 84.4 Å². The van der Waals surface area contributed by atoms with Gasteiger partial charge in [-0.1, -0.05) is 24.3 Å². The summed E-state index contributed by atoms with van der Waals surface area (Å²) in [5.74, 6) is -0.249. The van der Waals surface area contributed by atoms with Crippen molar-refractivity contribution >= 4 is 34.3 Å². The van der Waals surface area contributed by atoms with E-state index in [-0.39, 0.29) is 11.9 Å². The first-order valence-electron chi connectivity index (χ1n) is 11.1. The van der Waals surface area contributed by atoms with E-state index >= 15 is 0 Å². The molecule has 7 nitrogen and oxygen atoms in total. The van der Waals surface area contributed by atoms with Gasteiger partial charge in [0.25, 0.3) is 5.91 Å². The number of benzene rings is 2. The predicted octanol–water partition coefficient (Wildman–Crippen LogP) is 5.23. The van der Waals surface area contributed by atoms with Gasteiger partial charge in [0, 0.05) is 35.2 Å². The van der Waals surface area contributed by atoms with E-state index in [1.807, 2.05) is 56.3 Å². The van der Waals surface area contributed by atoms with Gasteiger partial charge in [-0.3, -0.25) is 19.7 Å². The van der Waals surface area contributed by atoms with Gasteiger partial charge in [-0.25, -0.2) is 4.79 Å². The number of aromatic nitrogens is 2. The van der Waals surface area contributed by atoms with Crippen LogP contribution in [-0.4, -0.2) is 33.6 Å². The molecule has 1 saturated heterocycles. The molecule has 1 unspecified atom stereocenters. The largest absolute Gasteiger partial charge is 0.441 e. The standard InChI is InChI=1S/C27H24N4O3/c1-27(2)23(16-18-6-4-14-28-17-18)31(26(33)34-27)21-12-10-20(11-13-21)25(32)30-22-9-3-7-19-8-5-15-29-24(19)22/h3-15,17,23H,16H2,1-2H3,(H,30,32). The van der Waals surface area contributed by atoms with Crippen LogP contribution >= 0.6 is 0 Å². The number of anilines is 2. The summed E-state index contributed by atoms with van der Waals surface area (Å²) in [6.07, 6.45) is 5.42. The van der Waals surface area contributed by atoms with E-state index in [2.05, 4.69) is 15.3 Å². The first-order valence-corrected chi connectivity index (χ1v) is 11.1. The number of nitrogens with one attached hydrogen (secondary N) is 1. The van der Waals surface area contributed by atoms with Crippen molar-refractivity contribution in [1.82, 2.24) is 9.97 Å². The molecule has 0 aliphatic carbocycles. The highest BCUT2D eigenvalue weighted by molar-refractivity contribution is 6.08. The van der Waals surface area contributed by atoms with E-state index in [1.54, 1.807) is 47.8 Å². The summed E-state index contributed by atoms with van der Waals surface area (Å²) < 4.78 is 5.68. The Hall–Kier alpha value is -4.26. The molecule has 0 saturated carbocycles. The number of amides is 2. The molecule has 7 heteroatoms. The Balaban J connectivity index is 1.38. The fraction of sp³-hybridized carbons (Fsp3) is 0.185. The number of hydrogen-bond acceptors (Lipinski definition) is 5. The summed E-state index contributed by atoms with van der Waals surface area (Å²) in [7, 11) is 0. The van der Waals surface area contributed by atoms with Gasteiger partial charge >= 0.3 is 6.09 Å². The van der Waals surface area contributed by atoms with Crippen LogP contribution in [0.4, 0.5) is 16.2 Å². The number of hydrogen-bond donors (Lipinski definition) is 1. The number of nitrogens with zero attached hydrogens (tertiary/aromatic N) is 3. The Morgan fingerprint density at radius 2 is 1.79 bits per heavy atom. The van der Waals surface area contributed by atoms with Crippen LogP contribution in [0, 0.1) is 0 Å². The Kier molecular flexibility index (Phi) is 5.45. The minimum absolute atomic E-state index is 0.217. The van der Waals surface area contributed by atoms with E-state index < -0.39 is 11.7 Å². The highest BCUT2D eigenvalue weighted by Crippen LogP contribution is 2.35. The molecule has 1 N–H and O–H groups in total. The molecule has 2 amide bonds. The van der Waals surface area contributed by atoms with Crippen molar-refractivity contribution in [2.45, 2.75) is 31.9 Å². The molecular weight excluding hydrogens is 428 g/mol. The van der Waals surface area contributed by atoms with Gasteiger partial charge in [-0.15, -0.1) is 0 Å². The van der Waals surface area contributed by atoms with Crippen molar-refractivity contribution in [2.75, 3.05) is 10.2 Å². The third kappa shape index (κ3) is 4.08. The maximum atomic E-state index is 12.9. The Bertz CT molecular complexity index is 1350. The Morgan fingerprint density at radius 1 is 1.03 bits per heavy atom. The summed E-state index contributed by atoms with van der Waals surface area (Å²) >= 11 is 0. The summed E-state index contributed by atoms with van der Waals surface area (Å²) in [5, 5.41) is 3.89. The van der Waals surface area contributed by atoms with Crippen LogP contribution in [0.1, 0.15) is 29.8 Å². The van der Waals surface area contributed by atoms with Crippen molar-refractivity contribution in [2.24, 2.45) is 0 Å². The summed E-state index contributed by atoms with van der Waals surface area (Å²) in [6.45, 7) is 3.82. The summed E-state index contributed by atoms with van der Waals surface area (Å²) in [4.78, 5) is 35.9. The number of carbonyl (C=O) groups is 2.